The Hall–Kier alpha value is -4.42. The number of imide groups is 1. The van der Waals surface area contributed by atoms with Gasteiger partial charge in [0.25, 0.3) is 11.8 Å². The molecule has 0 aromatic heterocycles. The Morgan fingerprint density at radius 3 is 2.28 bits per heavy atom. The van der Waals surface area contributed by atoms with Gasteiger partial charge in [0.05, 0.1) is 5.56 Å². The number of nitrogens with zero attached hydrogens (tertiary/aromatic N) is 1. The molecular weight excluding hydrogens is 476 g/mol. The van der Waals surface area contributed by atoms with Crippen molar-refractivity contribution in [3.8, 4) is 5.75 Å². The predicted octanol–water partition coefficient (Wildman–Crippen LogP) is 5.53. The fraction of sp³-hybridized carbons (Fsp3) is 0.0690. The first-order valence-corrected chi connectivity index (χ1v) is 11.8. The highest BCUT2D eigenvalue weighted by molar-refractivity contribution is 6.48. The minimum atomic E-state index is -0.532. The molecule has 7 heteroatoms. The molecule has 1 heterocycles. The number of anilines is 1. The molecule has 0 aliphatic carbocycles. The Bertz CT molecular complexity index is 1490. The van der Waals surface area contributed by atoms with Crippen LogP contribution in [0.25, 0.3) is 10.8 Å². The van der Waals surface area contributed by atoms with Gasteiger partial charge in [0.15, 0.2) is 0 Å². The number of nitrogens with one attached hydrogen (secondary N) is 1. The Balaban J connectivity index is 1.25. The quantitative estimate of drug-likeness (QED) is 0.207. The van der Waals surface area contributed by atoms with Crippen LogP contribution in [0.4, 0.5) is 5.69 Å². The highest BCUT2D eigenvalue weighted by atomic mass is 35.5. The van der Waals surface area contributed by atoms with Gasteiger partial charge in [0.1, 0.15) is 16.5 Å². The summed E-state index contributed by atoms with van der Waals surface area (Å²) in [7, 11) is 0. The first-order valence-electron chi connectivity index (χ1n) is 11.4. The molecule has 2 amide bonds. The minimum absolute atomic E-state index is 0.0146. The number of halogens is 1. The summed E-state index contributed by atoms with van der Waals surface area (Å²) in [6.07, 6.45) is 0.531. The third kappa shape index (κ3) is 4.72. The summed E-state index contributed by atoms with van der Waals surface area (Å²) in [6, 6.07) is 29.2. The summed E-state index contributed by atoms with van der Waals surface area (Å²) in [5.74, 6) is -1.05. The molecule has 0 bridgehead atoms. The van der Waals surface area contributed by atoms with E-state index in [1.165, 1.54) is 0 Å². The number of benzene rings is 4. The van der Waals surface area contributed by atoms with Crippen LogP contribution >= 0.6 is 11.6 Å². The van der Waals surface area contributed by atoms with Gasteiger partial charge in [-0.2, -0.15) is 0 Å². The third-order valence-electron chi connectivity index (χ3n) is 5.92. The fourth-order valence-electron chi connectivity index (χ4n) is 4.02. The minimum Gasteiger partial charge on any atom is -0.422 e. The average molecular weight is 497 g/mol. The van der Waals surface area contributed by atoms with E-state index in [0.717, 1.165) is 21.2 Å². The first kappa shape index (κ1) is 23.3. The topological polar surface area (TPSA) is 75.7 Å². The summed E-state index contributed by atoms with van der Waals surface area (Å²) in [5.41, 5.74) is 1.88. The third-order valence-corrected chi connectivity index (χ3v) is 6.27. The Morgan fingerprint density at radius 2 is 1.50 bits per heavy atom. The largest absolute Gasteiger partial charge is 0.422 e. The van der Waals surface area contributed by atoms with Crippen LogP contribution in [0.3, 0.4) is 0 Å². The van der Waals surface area contributed by atoms with Crippen molar-refractivity contribution in [2.75, 3.05) is 11.9 Å². The predicted molar refractivity (Wildman–Crippen MR) is 139 cm³/mol. The van der Waals surface area contributed by atoms with Crippen molar-refractivity contribution >= 4 is 45.8 Å². The summed E-state index contributed by atoms with van der Waals surface area (Å²) in [4.78, 5) is 39.3. The van der Waals surface area contributed by atoms with Crippen LogP contribution in [0.15, 0.2) is 108 Å². The molecule has 6 nitrogen and oxygen atoms in total. The second-order valence-electron chi connectivity index (χ2n) is 8.26. The lowest BCUT2D eigenvalue weighted by Crippen LogP contribution is -2.34. The van der Waals surface area contributed by atoms with E-state index in [1.807, 2.05) is 66.7 Å². The lowest BCUT2D eigenvalue weighted by atomic mass is 10.1. The molecule has 178 valence electrons. The second kappa shape index (κ2) is 10.1. The average Bonchev–Trinajstić information content (AvgIpc) is 3.11. The standard InChI is InChI=1S/C29H21ClN2O4/c30-25-26(28(34)32(27(25)33)18-17-19-7-2-1-3-8-19)31-22-15-13-21(14-16-22)29(35)36-24-12-6-10-20-9-4-5-11-23(20)24/h1-16,31H,17-18H2. The molecule has 1 aliphatic heterocycles. The van der Waals surface area contributed by atoms with Crippen LogP contribution < -0.4 is 10.1 Å². The number of fused-ring (bicyclic) bond motifs is 1. The SMILES string of the molecule is O=C(Oc1cccc2ccccc12)c1ccc(NC2=C(Cl)C(=O)N(CCc3ccccc3)C2=O)cc1. The van der Waals surface area contributed by atoms with E-state index in [9.17, 15) is 14.4 Å². The van der Waals surface area contributed by atoms with E-state index in [4.69, 9.17) is 16.3 Å². The van der Waals surface area contributed by atoms with Crippen molar-refractivity contribution < 1.29 is 19.1 Å². The number of hydrogen-bond donors (Lipinski definition) is 1. The van der Waals surface area contributed by atoms with Crippen molar-refractivity contribution in [3.63, 3.8) is 0 Å². The van der Waals surface area contributed by atoms with Gasteiger partial charge < -0.3 is 10.1 Å². The molecule has 0 saturated heterocycles. The maximum absolute atomic E-state index is 12.9. The van der Waals surface area contributed by atoms with E-state index in [1.54, 1.807) is 30.3 Å². The molecule has 5 rings (SSSR count). The number of amides is 2. The highest BCUT2D eigenvalue weighted by Crippen LogP contribution is 2.28. The first-order chi connectivity index (χ1) is 17.5. The van der Waals surface area contributed by atoms with Gasteiger partial charge in [0, 0.05) is 17.6 Å². The molecule has 0 atom stereocenters. The molecule has 36 heavy (non-hydrogen) atoms. The molecule has 0 spiro atoms. The van der Waals surface area contributed by atoms with Gasteiger partial charge in [0.2, 0.25) is 0 Å². The number of ether oxygens (including phenoxy) is 1. The van der Waals surface area contributed by atoms with Crippen molar-refractivity contribution in [2.24, 2.45) is 0 Å². The van der Waals surface area contributed by atoms with Crippen LogP contribution in [0, 0.1) is 0 Å². The van der Waals surface area contributed by atoms with Gasteiger partial charge in [-0.25, -0.2) is 4.79 Å². The van der Waals surface area contributed by atoms with E-state index in [0.29, 0.717) is 23.4 Å². The molecular formula is C29H21ClN2O4. The molecule has 1 N–H and O–H groups in total. The fourth-order valence-corrected chi connectivity index (χ4v) is 4.25. The van der Waals surface area contributed by atoms with Gasteiger partial charge in [-0.1, -0.05) is 78.3 Å². The summed E-state index contributed by atoms with van der Waals surface area (Å²) in [5, 5.41) is 4.58. The van der Waals surface area contributed by atoms with Gasteiger partial charge in [-0.05, 0) is 47.7 Å². The van der Waals surface area contributed by atoms with Crippen molar-refractivity contribution in [3.05, 3.63) is 119 Å². The summed E-state index contributed by atoms with van der Waals surface area (Å²) >= 11 is 6.20. The number of carbonyl (C=O) groups excluding carboxylic acids is 3. The summed E-state index contributed by atoms with van der Waals surface area (Å²) < 4.78 is 5.62. The van der Waals surface area contributed by atoms with Crippen LogP contribution in [0.1, 0.15) is 15.9 Å². The molecule has 0 saturated carbocycles. The van der Waals surface area contributed by atoms with Gasteiger partial charge >= 0.3 is 5.97 Å². The highest BCUT2D eigenvalue weighted by Gasteiger charge is 2.37. The number of rotatable bonds is 7. The van der Waals surface area contributed by atoms with E-state index >= 15 is 0 Å². The van der Waals surface area contributed by atoms with Crippen LogP contribution in [0.2, 0.25) is 0 Å². The maximum atomic E-state index is 12.9. The summed E-state index contributed by atoms with van der Waals surface area (Å²) in [6.45, 7) is 0.224. The monoisotopic (exact) mass is 496 g/mol. The number of hydrogen-bond acceptors (Lipinski definition) is 5. The van der Waals surface area contributed by atoms with Crippen molar-refractivity contribution in [1.82, 2.24) is 4.90 Å². The molecule has 0 fully saturated rings. The van der Waals surface area contributed by atoms with E-state index in [2.05, 4.69) is 5.32 Å². The zero-order valence-electron chi connectivity index (χ0n) is 19.1. The zero-order chi connectivity index (χ0) is 25.1. The van der Waals surface area contributed by atoms with Crippen molar-refractivity contribution in [2.45, 2.75) is 6.42 Å². The van der Waals surface area contributed by atoms with E-state index < -0.39 is 17.8 Å². The molecule has 0 unspecified atom stereocenters. The number of esters is 1. The Morgan fingerprint density at radius 1 is 0.806 bits per heavy atom. The Kier molecular flexibility index (Phi) is 6.52. The molecule has 0 radical (unpaired) electrons. The molecule has 1 aliphatic rings. The zero-order valence-corrected chi connectivity index (χ0v) is 19.9. The van der Waals surface area contributed by atoms with Crippen LogP contribution in [0.5, 0.6) is 5.75 Å². The van der Waals surface area contributed by atoms with Crippen LogP contribution in [-0.4, -0.2) is 29.2 Å². The molecule has 4 aromatic rings. The van der Waals surface area contributed by atoms with Crippen LogP contribution in [-0.2, 0) is 16.0 Å². The lowest BCUT2D eigenvalue weighted by molar-refractivity contribution is -0.137. The molecule has 4 aromatic carbocycles. The number of carbonyl (C=O) groups is 3. The Labute approximate surface area is 212 Å². The second-order valence-corrected chi connectivity index (χ2v) is 8.63. The maximum Gasteiger partial charge on any atom is 0.343 e. The normalized spacial score (nSPS) is 13.4. The van der Waals surface area contributed by atoms with E-state index in [-0.39, 0.29) is 17.3 Å². The lowest BCUT2D eigenvalue weighted by Gasteiger charge is -2.15. The van der Waals surface area contributed by atoms with Crippen molar-refractivity contribution in [1.29, 1.82) is 0 Å². The smallest absolute Gasteiger partial charge is 0.343 e. The van der Waals surface area contributed by atoms with Gasteiger partial charge in [-0.15, -0.1) is 0 Å². The van der Waals surface area contributed by atoms with Gasteiger partial charge in [-0.3, -0.25) is 14.5 Å².